The largest absolute Gasteiger partial charge is 0.322 e. The van der Waals surface area contributed by atoms with Gasteiger partial charge in [-0.05, 0) is 40.8 Å². The molecular formula is C16H12N6O3. The summed E-state index contributed by atoms with van der Waals surface area (Å²) in [7, 11) is 0. The second-order valence-electron chi connectivity index (χ2n) is 4.94. The Morgan fingerprint density at radius 2 is 2.04 bits per heavy atom. The number of nitro benzene ring substituents is 1. The summed E-state index contributed by atoms with van der Waals surface area (Å²) in [5, 5.41) is 24.5. The zero-order valence-corrected chi connectivity index (χ0v) is 12.8. The molecule has 3 aromatic rings. The number of carbonyl (C=O) groups is 1. The first-order chi connectivity index (χ1) is 12.1. The van der Waals surface area contributed by atoms with E-state index in [0.29, 0.717) is 16.9 Å². The lowest BCUT2D eigenvalue weighted by molar-refractivity contribution is -0.385. The summed E-state index contributed by atoms with van der Waals surface area (Å²) in [5.41, 5.74) is 1.52. The molecule has 0 spiro atoms. The van der Waals surface area contributed by atoms with Crippen LogP contribution in [0.1, 0.15) is 5.56 Å². The van der Waals surface area contributed by atoms with E-state index < -0.39 is 10.8 Å². The fourth-order valence-corrected chi connectivity index (χ4v) is 2.15. The van der Waals surface area contributed by atoms with Gasteiger partial charge in [0.15, 0.2) is 0 Å². The molecule has 0 aliphatic carbocycles. The molecule has 0 atom stereocenters. The lowest BCUT2D eigenvalue weighted by Gasteiger charge is -2.05. The zero-order chi connectivity index (χ0) is 17.6. The van der Waals surface area contributed by atoms with Gasteiger partial charge in [-0.1, -0.05) is 18.2 Å². The molecule has 2 aromatic carbocycles. The summed E-state index contributed by atoms with van der Waals surface area (Å²) in [6.45, 7) is 0. The van der Waals surface area contributed by atoms with Crippen molar-refractivity contribution in [1.29, 1.82) is 0 Å². The van der Waals surface area contributed by atoms with E-state index in [-0.39, 0.29) is 5.69 Å². The molecule has 25 heavy (non-hydrogen) atoms. The Bertz CT molecular complexity index is 937. The zero-order valence-electron chi connectivity index (χ0n) is 12.8. The summed E-state index contributed by atoms with van der Waals surface area (Å²) < 4.78 is 1.46. The van der Waals surface area contributed by atoms with Gasteiger partial charge in [0.2, 0.25) is 5.91 Å². The number of hydrogen-bond donors (Lipinski definition) is 1. The van der Waals surface area contributed by atoms with Crippen LogP contribution in [0.25, 0.3) is 11.8 Å². The lowest BCUT2D eigenvalue weighted by atomic mass is 10.1. The van der Waals surface area contributed by atoms with Crippen molar-refractivity contribution in [2.45, 2.75) is 0 Å². The molecule has 0 radical (unpaired) electrons. The third-order valence-corrected chi connectivity index (χ3v) is 3.27. The van der Waals surface area contributed by atoms with E-state index in [4.69, 9.17) is 0 Å². The number of tetrazole rings is 1. The second-order valence-corrected chi connectivity index (χ2v) is 4.94. The SMILES string of the molecule is O=C(/C=C/c1ccccc1[N+](=O)[O-])Nc1cccc(-n2cnnn2)c1. The van der Waals surface area contributed by atoms with E-state index in [1.54, 1.807) is 42.5 Å². The van der Waals surface area contributed by atoms with E-state index in [1.807, 2.05) is 0 Å². The number of anilines is 1. The number of nitrogens with one attached hydrogen (secondary N) is 1. The highest BCUT2D eigenvalue weighted by atomic mass is 16.6. The minimum Gasteiger partial charge on any atom is -0.322 e. The summed E-state index contributed by atoms with van der Waals surface area (Å²) in [6.07, 6.45) is 4.08. The number of rotatable bonds is 5. The number of nitro groups is 1. The van der Waals surface area contributed by atoms with Crippen LogP contribution in [0.4, 0.5) is 11.4 Å². The molecule has 1 amide bonds. The average Bonchev–Trinajstić information content (AvgIpc) is 3.15. The molecule has 0 fully saturated rings. The normalized spacial score (nSPS) is 10.7. The first kappa shape index (κ1) is 16.0. The molecule has 1 aromatic heterocycles. The van der Waals surface area contributed by atoms with Crippen molar-refractivity contribution in [1.82, 2.24) is 20.2 Å². The third kappa shape index (κ3) is 3.91. The van der Waals surface area contributed by atoms with E-state index >= 15 is 0 Å². The molecule has 0 saturated carbocycles. The minimum absolute atomic E-state index is 0.0628. The number of nitrogens with zero attached hydrogens (tertiary/aromatic N) is 5. The number of aromatic nitrogens is 4. The Hall–Kier alpha value is -3.88. The monoisotopic (exact) mass is 336 g/mol. The first-order valence-corrected chi connectivity index (χ1v) is 7.19. The fourth-order valence-electron chi connectivity index (χ4n) is 2.15. The molecule has 3 rings (SSSR count). The summed E-state index contributed by atoms with van der Waals surface area (Å²) in [4.78, 5) is 22.5. The van der Waals surface area contributed by atoms with Crippen LogP contribution in [0.15, 0.2) is 60.9 Å². The van der Waals surface area contributed by atoms with Gasteiger partial charge in [0.25, 0.3) is 5.69 Å². The number of para-hydroxylation sites is 1. The summed E-state index contributed by atoms with van der Waals surface area (Å²) >= 11 is 0. The fraction of sp³-hybridized carbons (Fsp3) is 0. The van der Waals surface area contributed by atoms with Gasteiger partial charge in [0, 0.05) is 17.8 Å². The Morgan fingerprint density at radius 1 is 1.20 bits per heavy atom. The van der Waals surface area contributed by atoms with Crippen molar-refractivity contribution >= 4 is 23.4 Å². The standard InChI is InChI=1S/C16H12N6O3/c23-16(9-8-12-4-1-2-7-15(12)22(24)25)18-13-5-3-6-14(10-13)21-11-17-19-20-21/h1-11H,(H,18,23)/b9-8+. The highest BCUT2D eigenvalue weighted by Crippen LogP contribution is 2.19. The van der Waals surface area contributed by atoms with Crippen molar-refractivity contribution in [3.8, 4) is 5.69 Å². The molecule has 0 saturated heterocycles. The van der Waals surface area contributed by atoms with Gasteiger partial charge in [-0.15, -0.1) is 5.10 Å². The van der Waals surface area contributed by atoms with Crippen LogP contribution < -0.4 is 5.32 Å². The predicted octanol–water partition coefficient (Wildman–Crippen LogP) is 2.22. The van der Waals surface area contributed by atoms with Crippen molar-refractivity contribution < 1.29 is 9.72 Å². The molecule has 1 N–H and O–H groups in total. The number of hydrogen-bond acceptors (Lipinski definition) is 6. The van der Waals surface area contributed by atoms with Gasteiger partial charge < -0.3 is 5.32 Å². The Balaban J connectivity index is 1.73. The third-order valence-electron chi connectivity index (χ3n) is 3.27. The maximum absolute atomic E-state index is 12.0. The Kier molecular flexibility index (Phi) is 4.56. The second kappa shape index (κ2) is 7.13. The van der Waals surface area contributed by atoms with Crippen molar-refractivity contribution in [3.63, 3.8) is 0 Å². The van der Waals surface area contributed by atoms with Gasteiger partial charge in [-0.2, -0.15) is 0 Å². The molecule has 124 valence electrons. The quantitative estimate of drug-likeness (QED) is 0.434. The topological polar surface area (TPSA) is 116 Å². The molecule has 1 heterocycles. The van der Waals surface area contributed by atoms with E-state index in [1.165, 1.54) is 29.2 Å². The van der Waals surface area contributed by atoms with Crippen LogP contribution in [0.5, 0.6) is 0 Å². The highest BCUT2D eigenvalue weighted by molar-refractivity contribution is 6.02. The van der Waals surface area contributed by atoms with Crippen LogP contribution in [-0.2, 0) is 4.79 Å². The van der Waals surface area contributed by atoms with Gasteiger partial charge in [-0.3, -0.25) is 14.9 Å². The molecule has 9 heteroatoms. The van der Waals surface area contributed by atoms with Crippen LogP contribution in [0.2, 0.25) is 0 Å². The van der Waals surface area contributed by atoms with Gasteiger partial charge in [-0.25, -0.2) is 4.68 Å². The molecule has 9 nitrogen and oxygen atoms in total. The van der Waals surface area contributed by atoms with Crippen LogP contribution in [-0.4, -0.2) is 31.0 Å². The van der Waals surface area contributed by atoms with E-state index in [2.05, 4.69) is 20.8 Å². The molecular weight excluding hydrogens is 324 g/mol. The molecule has 0 aliphatic rings. The first-order valence-electron chi connectivity index (χ1n) is 7.19. The lowest BCUT2D eigenvalue weighted by Crippen LogP contribution is -2.08. The maximum atomic E-state index is 12.0. The summed E-state index contributed by atoms with van der Waals surface area (Å²) in [6, 6.07) is 13.1. The molecule has 0 aliphatic heterocycles. The number of benzene rings is 2. The highest BCUT2D eigenvalue weighted by Gasteiger charge is 2.10. The van der Waals surface area contributed by atoms with Crippen LogP contribution in [0.3, 0.4) is 0 Å². The number of amides is 1. The van der Waals surface area contributed by atoms with E-state index in [9.17, 15) is 14.9 Å². The Morgan fingerprint density at radius 3 is 2.80 bits per heavy atom. The number of carbonyl (C=O) groups excluding carboxylic acids is 1. The molecule has 0 unspecified atom stereocenters. The van der Waals surface area contributed by atoms with Gasteiger partial charge in [0.1, 0.15) is 6.33 Å². The minimum atomic E-state index is -0.493. The molecule has 0 bridgehead atoms. The average molecular weight is 336 g/mol. The maximum Gasteiger partial charge on any atom is 0.276 e. The predicted molar refractivity (Wildman–Crippen MR) is 89.9 cm³/mol. The van der Waals surface area contributed by atoms with Gasteiger partial charge >= 0.3 is 0 Å². The summed E-state index contributed by atoms with van der Waals surface area (Å²) in [5.74, 6) is -0.410. The smallest absolute Gasteiger partial charge is 0.276 e. The van der Waals surface area contributed by atoms with Gasteiger partial charge in [0.05, 0.1) is 16.2 Å². The van der Waals surface area contributed by atoms with E-state index in [0.717, 1.165) is 0 Å². The van der Waals surface area contributed by atoms with Crippen molar-refractivity contribution in [3.05, 3.63) is 76.6 Å². The van der Waals surface area contributed by atoms with Crippen LogP contribution >= 0.6 is 0 Å². The van der Waals surface area contributed by atoms with Crippen LogP contribution in [0, 0.1) is 10.1 Å². The Labute approximate surface area is 141 Å². The van der Waals surface area contributed by atoms with Crippen molar-refractivity contribution in [2.24, 2.45) is 0 Å². The van der Waals surface area contributed by atoms with Crippen molar-refractivity contribution in [2.75, 3.05) is 5.32 Å².